The summed E-state index contributed by atoms with van der Waals surface area (Å²) in [5.41, 5.74) is 16.9. The van der Waals surface area contributed by atoms with Crippen molar-refractivity contribution in [3.63, 3.8) is 0 Å². The maximum absolute atomic E-state index is 4.05. The van der Waals surface area contributed by atoms with Gasteiger partial charge in [0.05, 0.1) is 11.4 Å². The first kappa shape index (κ1) is 25.4. The van der Waals surface area contributed by atoms with E-state index in [0.29, 0.717) is 0 Å². The van der Waals surface area contributed by atoms with Gasteiger partial charge in [-0.15, -0.1) is 0 Å². The molecule has 2 aromatic carbocycles. The van der Waals surface area contributed by atoms with E-state index in [0.717, 1.165) is 25.9 Å². The number of benzene rings is 2. The predicted molar refractivity (Wildman–Crippen MR) is 151 cm³/mol. The number of pyridine rings is 2. The molecule has 0 aliphatic carbocycles. The van der Waals surface area contributed by atoms with Gasteiger partial charge in [-0.2, -0.15) is 0 Å². The maximum atomic E-state index is 4.05. The molecule has 0 saturated heterocycles. The van der Waals surface area contributed by atoms with Gasteiger partial charge in [0.2, 0.25) is 0 Å². The van der Waals surface area contributed by atoms with Crippen molar-refractivity contribution in [3.05, 3.63) is 96.6 Å². The Morgan fingerprint density at radius 1 is 0.556 bits per heavy atom. The summed E-state index contributed by atoms with van der Waals surface area (Å²) in [7, 11) is 4.12. The van der Waals surface area contributed by atoms with E-state index in [1.807, 2.05) is 62.9 Å². The molecule has 2 aliphatic rings. The van der Waals surface area contributed by atoms with Crippen molar-refractivity contribution < 1.29 is 0 Å². The molecule has 0 radical (unpaired) electrons. The van der Waals surface area contributed by atoms with Gasteiger partial charge in [0, 0.05) is 52.0 Å². The van der Waals surface area contributed by atoms with Crippen LogP contribution in [0.5, 0.6) is 0 Å². The van der Waals surface area contributed by atoms with Crippen LogP contribution in [0, 0.1) is 0 Å². The number of nitrogens with one attached hydrogen (secondary N) is 2. The van der Waals surface area contributed by atoms with E-state index >= 15 is 0 Å². The third-order valence-electron chi connectivity index (χ3n) is 6.40. The Labute approximate surface area is 215 Å². The van der Waals surface area contributed by atoms with Crippen molar-refractivity contribution in [3.8, 4) is 22.3 Å². The Hall–Kier alpha value is -3.74. The topological polar surface area (TPSA) is 56.3 Å². The van der Waals surface area contributed by atoms with Crippen LogP contribution in [0.4, 0.5) is 11.4 Å². The average Bonchev–Trinajstić information content (AvgIpc) is 2.95. The van der Waals surface area contributed by atoms with Crippen LogP contribution in [0.1, 0.15) is 25.0 Å². The van der Waals surface area contributed by atoms with E-state index in [1.54, 1.807) is 0 Å². The fourth-order valence-corrected chi connectivity index (χ4v) is 4.54. The monoisotopic (exact) mass is 480 g/mol. The van der Waals surface area contributed by atoms with E-state index < -0.39 is 0 Å². The molecular weight excluding hydrogens is 444 g/mol. The van der Waals surface area contributed by atoms with Gasteiger partial charge in [-0.25, -0.2) is 10.9 Å². The third-order valence-corrected chi connectivity index (χ3v) is 6.40. The second kappa shape index (κ2) is 12.3. The second-order valence-electron chi connectivity index (χ2n) is 8.59. The smallest absolute Gasteiger partial charge is 0.0555 e. The first-order valence-electron chi connectivity index (χ1n) is 12.7. The molecule has 2 aromatic heterocycles. The first-order valence-corrected chi connectivity index (χ1v) is 12.7. The highest BCUT2D eigenvalue weighted by Crippen LogP contribution is 2.29. The second-order valence-corrected chi connectivity index (χ2v) is 8.59. The quantitative estimate of drug-likeness (QED) is 0.394. The highest BCUT2D eigenvalue weighted by atomic mass is 15.5. The molecule has 0 fully saturated rings. The van der Waals surface area contributed by atoms with E-state index in [9.17, 15) is 0 Å². The van der Waals surface area contributed by atoms with E-state index in [4.69, 9.17) is 0 Å². The van der Waals surface area contributed by atoms with Crippen molar-refractivity contribution in [2.75, 3.05) is 37.2 Å². The molecule has 2 aliphatic heterocycles. The van der Waals surface area contributed by atoms with Crippen molar-refractivity contribution in [2.24, 2.45) is 0 Å². The molecular formula is C30H36N6. The van der Waals surface area contributed by atoms with Gasteiger partial charge in [0.15, 0.2) is 0 Å². The van der Waals surface area contributed by atoms with Crippen LogP contribution in [0.25, 0.3) is 22.3 Å². The van der Waals surface area contributed by atoms with Gasteiger partial charge < -0.3 is 10.0 Å². The van der Waals surface area contributed by atoms with E-state index in [2.05, 4.69) is 81.3 Å². The molecule has 6 nitrogen and oxygen atoms in total. The van der Waals surface area contributed by atoms with Gasteiger partial charge in [-0.05, 0) is 88.7 Å². The molecule has 0 unspecified atom stereocenters. The number of anilines is 2. The van der Waals surface area contributed by atoms with Crippen molar-refractivity contribution in [1.29, 1.82) is 0 Å². The van der Waals surface area contributed by atoms with Crippen LogP contribution in [0.3, 0.4) is 0 Å². The van der Waals surface area contributed by atoms with Crippen LogP contribution in [0.15, 0.2) is 85.5 Å². The Kier molecular flexibility index (Phi) is 8.66. The zero-order chi connectivity index (χ0) is 25.3. The minimum absolute atomic E-state index is 1.00. The maximum Gasteiger partial charge on any atom is 0.0555 e. The SMILES string of the molecule is CC.CN1NCCc2cc(-c3ccncc3)ccc21.CN1NCCc2ccc(-c3ccncc3)cc21. The fourth-order valence-electron chi connectivity index (χ4n) is 4.54. The van der Waals surface area contributed by atoms with Crippen LogP contribution in [-0.4, -0.2) is 37.2 Å². The first-order chi connectivity index (χ1) is 17.7. The van der Waals surface area contributed by atoms with Crippen molar-refractivity contribution >= 4 is 11.4 Å². The number of rotatable bonds is 2. The summed E-state index contributed by atoms with van der Waals surface area (Å²) in [5, 5.41) is 4.19. The Balaban J connectivity index is 0.000000158. The summed E-state index contributed by atoms with van der Waals surface area (Å²) in [6.07, 6.45) is 9.51. The molecule has 6 heteroatoms. The lowest BCUT2D eigenvalue weighted by atomic mass is 10.00. The average molecular weight is 481 g/mol. The molecule has 0 bridgehead atoms. The molecule has 0 amide bonds. The highest BCUT2D eigenvalue weighted by molar-refractivity contribution is 5.71. The summed E-state index contributed by atoms with van der Waals surface area (Å²) in [6.45, 7) is 6.02. The zero-order valence-corrected chi connectivity index (χ0v) is 21.7. The van der Waals surface area contributed by atoms with Crippen LogP contribution in [-0.2, 0) is 12.8 Å². The Bertz CT molecular complexity index is 1240. The molecule has 0 atom stereocenters. The standard InChI is InChI=1S/2C14H15N3.C2H6/c1-17-14-3-2-12(10-13(14)6-9-16-17)11-4-7-15-8-5-11;1-17-14-10-13(11-4-7-15-8-5-11)3-2-12(14)6-9-16-17;1-2/h2*2-5,7-8,10,16H,6,9H2,1H3;1-2H3. The number of nitrogens with zero attached hydrogens (tertiary/aromatic N) is 4. The molecule has 2 N–H and O–H groups in total. The summed E-state index contributed by atoms with van der Waals surface area (Å²) in [4.78, 5) is 8.10. The largest absolute Gasteiger partial charge is 0.311 e. The van der Waals surface area contributed by atoms with E-state index in [-0.39, 0.29) is 0 Å². The number of hydrogen-bond acceptors (Lipinski definition) is 6. The Morgan fingerprint density at radius 3 is 1.67 bits per heavy atom. The number of aromatic nitrogens is 2. The van der Waals surface area contributed by atoms with Crippen molar-refractivity contribution in [2.45, 2.75) is 26.7 Å². The van der Waals surface area contributed by atoms with Crippen LogP contribution >= 0.6 is 0 Å². The van der Waals surface area contributed by atoms with Crippen LogP contribution in [0.2, 0.25) is 0 Å². The normalized spacial score (nSPS) is 13.9. The molecule has 0 saturated carbocycles. The third kappa shape index (κ3) is 5.90. The predicted octanol–water partition coefficient (Wildman–Crippen LogP) is 5.52. The summed E-state index contributed by atoms with van der Waals surface area (Å²) in [5.74, 6) is 0. The molecule has 36 heavy (non-hydrogen) atoms. The molecule has 6 rings (SSSR count). The summed E-state index contributed by atoms with van der Waals surface area (Å²) in [6, 6.07) is 21.4. The lowest BCUT2D eigenvalue weighted by Gasteiger charge is -2.28. The number of hydrazine groups is 2. The van der Waals surface area contributed by atoms with Gasteiger partial charge in [-0.1, -0.05) is 32.0 Å². The lowest BCUT2D eigenvalue weighted by Crippen LogP contribution is -2.40. The fraction of sp³-hybridized carbons (Fsp3) is 0.267. The van der Waals surface area contributed by atoms with E-state index in [1.165, 1.54) is 44.8 Å². The minimum Gasteiger partial charge on any atom is -0.311 e. The Morgan fingerprint density at radius 2 is 1.06 bits per heavy atom. The van der Waals surface area contributed by atoms with Crippen molar-refractivity contribution in [1.82, 2.24) is 20.8 Å². The highest BCUT2D eigenvalue weighted by Gasteiger charge is 2.14. The van der Waals surface area contributed by atoms with Crippen LogP contribution < -0.4 is 20.9 Å². The molecule has 0 spiro atoms. The molecule has 186 valence electrons. The zero-order valence-electron chi connectivity index (χ0n) is 21.7. The van der Waals surface area contributed by atoms with Gasteiger partial charge >= 0.3 is 0 Å². The number of fused-ring (bicyclic) bond motifs is 2. The number of hydrogen-bond donors (Lipinski definition) is 2. The molecule has 4 aromatic rings. The van der Waals surface area contributed by atoms with Gasteiger partial charge in [0.1, 0.15) is 0 Å². The lowest BCUT2D eigenvalue weighted by molar-refractivity contribution is 0.641. The summed E-state index contributed by atoms with van der Waals surface area (Å²) >= 11 is 0. The van der Waals surface area contributed by atoms with Gasteiger partial charge in [-0.3, -0.25) is 9.97 Å². The summed E-state index contributed by atoms with van der Waals surface area (Å²) < 4.78 is 0. The minimum atomic E-state index is 1.00. The molecule has 4 heterocycles. The van der Waals surface area contributed by atoms with Gasteiger partial charge in [0.25, 0.3) is 0 Å².